The van der Waals surface area contributed by atoms with Crippen LogP contribution in [0, 0.1) is 28.6 Å². The Balaban J connectivity index is 1.15. The second kappa shape index (κ2) is 9.75. The third-order valence-corrected chi connectivity index (χ3v) is 10.2. The van der Waals surface area contributed by atoms with Gasteiger partial charge >= 0.3 is 5.97 Å². The van der Waals surface area contributed by atoms with Crippen LogP contribution in [-0.2, 0) is 4.74 Å². The van der Waals surface area contributed by atoms with E-state index in [1.54, 1.807) is 49.1 Å². The van der Waals surface area contributed by atoms with Crippen molar-refractivity contribution in [1.82, 2.24) is 15.4 Å². The fourth-order valence-corrected chi connectivity index (χ4v) is 8.08. The summed E-state index contributed by atoms with van der Waals surface area (Å²) in [4.78, 5) is 33.3. The summed E-state index contributed by atoms with van der Waals surface area (Å²) in [6, 6.07) is 7.05. The molecule has 3 saturated carbocycles. The maximum Gasteiger partial charge on any atom is 0.339 e. The second-order valence-electron chi connectivity index (χ2n) is 12.0. The fourth-order valence-electron chi connectivity index (χ4n) is 8.08. The minimum Gasteiger partial charge on any atom is -0.458 e. The number of rotatable bonds is 4. The van der Waals surface area contributed by atoms with Crippen molar-refractivity contribution in [2.45, 2.75) is 71.3 Å². The monoisotopic (exact) mass is 512 g/mol. The Morgan fingerprint density at radius 3 is 2.42 bits per heavy atom. The molecular formula is C31H36N4O3. The summed E-state index contributed by atoms with van der Waals surface area (Å²) in [6.07, 6.45) is 17.1. The Morgan fingerprint density at radius 1 is 0.974 bits per heavy atom. The SMILES string of the molecule is C[C@]12CC[C@@H](OC(=O)c3cccnc3)CC1=CC[C@@H]1[C@@H]2CC[C@]2(C)/C(=N\NC(=O)c3cccnc3)CC[C@@H]12. The Labute approximate surface area is 224 Å². The lowest BCUT2D eigenvalue weighted by Crippen LogP contribution is -2.50. The van der Waals surface area contributed by atoms with Crippen LogP contribution in [0.25, 0.3) is 0 Å². The topological polar surface area (TPSA) is 93.5 Å². The van der Waals surface area contributed by atoms with Gasteiger partial charge in [-0.05, 0) is 92.4 Å². The minimum atomic E-state index is -0.275. The van der Waals surface area contributed by atoms with Crippen LogP contribution in [0.2, 0.25) is 0 Å². The van der Waals surface area contributed by atoms with Crippen molar-refractivity contribution in [2.75, 3.05) is 0 Å². The third-order valence-electron chi connectivity index (χ3n) is 10.2. The highest BCUT2D eigenvalue weighted by Crippen LogP contribution is 2.64. The van der Waals surface area contributed by atoms with Crippen LogP contribution >= 0.6 is 0 Å². The molecule has 0 aromatic carbocycles. The number of ether oxygens (including phenoxy) is 1. The molecule has 1 amide bonds. The first kappa shape index (κ1) is 25.0. The molecule has 198 valence electrons. The molecule has 0 bridgehead atoms. The van der Waals surface area contributed by atoms with E-state index in [-0.39, 0.29) is 28.8 Å². The molecule has 4 aliphatic rings. The van der Waals surface area contributed by atoms with E-state index in [1.807, 2.05) is 0 Å². The smallest absolute Gasteiger partial charge is 0.339 e. The van der Waals surface area contributed by atoms with Gasteiger partial charge in [0, 0.05) is 42.3 Å². The average Bonchev–Trinajstić information content (AvgIpc) is 3.29. The van der Waals surface area contributed by atoms with Crippen molar-refractivity contribution < 1.29 is 14.3 Å². The van der Waals surface area contributed by atoms with Crippen LogP contribution in [0.3, 0.4) is 0 Å². The first-order valence-electron chi connectivity index (χ1n) is 14.0. The molecule has 1 N–H and O–H groups in total. The van der Waals surface area contributed by atoms with Crippen LogP contribution < -0.4 is 5.43 Å². The highest BCUT2D eigenvalue weighted by atomic mass is 16.5. The van der Waals surface area contributed by atoms with Gasteiger partial charge in [-0.3, -0.25) is 14.8 Å². The van der Waals surface area contributed by atoms with Crippen molar-refractivity contribution >= 4 is 17.6 Å². The maximum atomic E-state index is 12.6. The molecule has 6 atom stereocenters. The number of allylic oxidation sites excluding steroid dienone is 1. The molecule has 2 heterocycles. The fraction of sp³-hybridized carbons (Fsp3) is 0.516. The van der Waals surface area contributed by atoms with Crippen LogP contribution in [0.15, 0.2) is 65.8 Å². The van der Waals surface area contributed by atoms with Gasteiger partial charge in [-0.2, -0.15) is 5.10 Å². The molecular weight excluding hydrogens is 476 g/mol. The Morgan fingerprint density at radius 2 is 1.68 bits per heavy atom. The molecule has 0 aliphatic heterocycles. The van der Waals surface area contributed by atoms with Gasteiger partial charge < -0.3 is 4.74 Å². The first-order valence-corrected chi connectivity index (χ1v) is 14.0. The average molecular weight is 513 g/mol. The highest BCUT2D eigenvalue weighted by molar-refractivity contribution is 5.97. The van der Waals surface area contributed by atoms with Crippen LogP contribution in [0.5, 0.6) is 0 Å². The van der Waals surface area contributed by atoms with Gasteiger partial charge in [0.25, 0.3) is 5.91 Å². The number of nitrogens with one attached hydrogen (secondary N) is 1. The number of hydrogen-bond acceptors (Lipinski definition) is 6. The lowest BCUT2D eigenvalue weighted by atomic mass is 9.48. The maximum absolute atomic E-state index is 12.6. The van der Waals surface area contributed by atoms with Gasteiger partial charge in [0.05, 0.1) is 11.1 Å². The largest absolute Gasteiger partial charge is 0.458 e. The standard InChI is InChI=1S/C31H36N4O3/c1-30-13-11-23(38-29(37)21-6-4-16-33-19-21)17-22(30)7-8-24-25-9-10-27(31(25,2)14-12-26(24)30)34-35-28(36)20-5-3-15-32-18-20/h3-7,15-16,18-19,23-26H,8-14,17H2,1-2H3,(H,35,36)/b34-27-/t23-,24+,25+,26+,30+,31+/m1/s1. The van der Waals surface area contributed by atoms with Crippen molar-refractivity contribution in [3.05, 3.63) is 71.8 Å². The lowest BCUT2D eigenvalue weighted by molar-refractivity contribution is -0.0285. The van der Waals surface area contributed by atoms with Crippen LogP contribution in [0.1, 0.15) is 85.9 Å². The Kier molecular flexibility index (Phi) is 6.40. The Hall–Kier alpha value is -3.35. The molecule has 4 aliphatic carbocycles. The van der Waals surface area contributed by atoms with Crippen LogP contribution in [0.4, 0.5) is 0 Å². The zero-order chi connectivity index (χ0) is 26.3. The van der Waals surface area contributed by atoms with E-state index >= 15 is 0 Å². The van der Waals surface area contributed by atoms with E-state index in [2.05, 4.69) is 40.4 Å². The molecule has 7 heteroatoms. The van der Waals surface area contributed by atoms with Gasteiger partial charge in [0.1, 0.15) is 6.10 Å². The summed E-state index contributed by atoms with van der Waals surface area (Å²) in [5.41, 5.74) is 6.66. The van der Waals surface area contributed by atoms with Gasteiger partial charge in [0.2, 0.25) is 0 Å². The summed E-state index contributed by atoms with van der Waals surface area (Å²) in [5, 5.41) is 4.68. The minimum absolute atomic E-state index is 0.0293. The Bertz CT molecular complexity index is 1280. The summed E-state index contributed by atoms with van der Waals surface area (Å²) >= 11 is 0. The number of aromatic nitrogens is 2. The van der Waals surface area contributed by atoms with Crippen LogP contribution in [-0.4, -0.2) is 33.7 Å². The molecule has 0 spiro atoms. The molecule has 38 heavy (non-hydrogen) atoms. The van der Waals surface area contributed by atoms with Gasteiger partial charge in [0.15, 0.2) is 0 Å². The normalized spacial score (nSPS) is 34.9. The van der Waals surface area contributed by atoms with Crippen molar-refractivity contribution in [3.63, 3.8) is 0 Å². The number of fused-ring (bicyclic) bond motifs is 5. The van der Waals surface area contributed by atoms with Gasteiger partial charge in [-0.15, -0.1) is 0 Å². The van der Waals surface area contributed by atoms with E-state index in [9.17, 15) is 9.59 Å². The predicted octanol–water partition coefficient (Wildman–Crippen LogP) is 5.75. The van der Waals surface area contributed by atoms with E-state index < -0.39 is 0 Å². The number of carbonyl (C=O) groups excluding carboxylic acids is 2. The predicted molar refractivity (Wildman–Crippen MR) is 144 cm³/mol. The summed E-state index contributed by atoms with van der Waals surface area (Å²) < 4.78 is 5.91. The van der Waals surface area contributed by atoms with E-state index in [0.29, 0.717) is 28.9 Å². The summed E-state index contributed by atoms with van der Waals surface area (Å²) in [5.74, 6) is 1.36. The van der Waals surface area contributed by atoms with Gasteiger partial charge in [-0.25, -0.2) is 10.2 Å². The zero-order valence-electron chi connectivity index (χ0n) is 22.2. The summed E-state index contributed by atoms with van der Waals surface area (Å²) in [6.45, 7) is 4.82. The molecule has 6 rings (SSSR count). The number of hydrazone groups is 1. The lowest BCUT2D eigenvalue weighted by Gasteiger charge is -2.57. The molecule has 2 aromatic heterocycles. The number of hydrogen-bond donors (Lipinski definition) is 1. The molecule has 2 aromatic rings. The first-order chi connectivity index (χ1) is 18.4. The number of pyridine rings is 2. The number of amides is 1. The quantitative estimate of drug-likeness (QED) is 0.320. The van der Waals surface area contributed by atoms with E-state index in [1.165, 1.54) is 12.0 Å². The molecule has 7 nitrogen and oxygen atoms in total. The molecule has 0 unspecified atom stereocenters. The highest BCUT2D eigenvalue weighted by Gasteiger charge is 2.58. The molecule has 0 saturated heterocycles. The summed E-state index contributed by atoms with van der Waals surface area (Å²) in [7, 11) is 0. The van der Waals surface area contributed by atoms with E-state index in [0.717, 1.165) is 50.7 Å². The number of carbonyl (C=O) groups is 2. The van der Waals surface area contributed by atoms with Gasteiger partial charge in [-0.1, -0.05) is 25.5 Å². The number of esters is 1. The molecule has 3 fully saturated rings. The molecule has 0 radical (unpaired) electrons. The number of nitrogens with zero attached hydrogens (tertiary/aromatic N) is 3. The third kappa shape index (κ3) is 4.26. The zero-order valence-corrected chi connectivity index (χ0v) is 22.2. The van der Waals surface area contributed by atoms with E-state index in [4.69, 9.17) is 4.74 Å². The van der Waals surface area contributed by atoms with Crippen molar-refractivity contribution in [3.8, 4) is 0 Å². The van der Waals surface area contributed by atoms with Crippen molar-refractivity contribution in [1.29, 1.82) is 0 Å². The van der Waals surface area contributed by atoms with Crippen molar-refractivity contribution in [2.24, 2.45) is 33.7 Å². The second-order valence-corrected chi connectivity index (χ2v) is 12.0.